The number of nitrogens with one attached hydrogen (secondary N) is 1. The molecule has 12 heteroatoms. The number of rotatable bonds is 9. The van der Waals surface area contributed by atoms with Gasteiger partial charge in [0.05, 0.1) is 17.2 Å². The van der Waals surface area contributed by atoms with Crippen LogP contribution in [0.2, 0.25) is 5.02 Å². The number of aromatic nitrogens is 2. The Hall–Kier alpha value is -2.34. The molecule has 0 bridgehead atoms. The molecule has 0 aliphatic carbocycles. The minimum absolute atomic E-state index is 0.0131. The molecule has 0 fully saturated rings. The van der Waals surface area contributed by atoms with Gasteiger partial charge in [-0.25, -0.2) is 8.42 Å². The van der Waals surface area contributed by atoms with Crippen LogP contribution in [0, 0.1) is 0 Å². The minimum atomic E-state index is -4.05. The summed E-state index contributed by atoms with van der Waals surface area (Å²) in [5.74, 6) is 0.0493. The van der Waals surface area contributed by atoms with Crippen molar-refractivity contribution < 1.29 is 17.9 Å². The summed E-state index contributed by atoms with van der Waals surface area (Å²) in [5.41, 5.74) is 0.315. The fourth-order valence-electron chi connectivity index (χ4n) is 2.56. The van der Waals surface area contributed by atoms with Gasteiger partial charge in [-0.15, -0.1) is 10.2 Å². The lowest BCUT2D eigenvalue weighted by Gasteiger charge is -2.24. The molecule has 0 saturated heterocycles. The fourth-order valence-corrected chi connectivity index (χ4v) is 5.29. The second kappa shape index (κ2) is 10.3. The molecule has 3 aromatic rings. The molecule has 0 aliphatic rings. The normalized spacial score (nSPS) is 11.2. The third-order valence-electron chi connectivity index (χ3n) is 3.95. The maximum Gasteiger partial charge on any atom is 0.264 e. The third-order valence-corrected chi connectivity index (χ3v) is 7.81. The Morgan fingerprint density at radius 3 is 2.42 bits per heavy atom. The number of nitrogens with zero attached hydrogens (tertiary/aromatic N) is 3. The van der Waals surface area contributed by atoms with Gasteiger partial charge in [-0.3, -0.25) is 14.4 Å². The Morgan fingerprint density at radius 2 is 1.84 bits per heavy atom. The molecule has 1 amide bonds. The van der Waals surface area contributed by atoms with E-state index in [0.29, 0.717) is 32.5 Å². The number of amides is 1. The number of carbonyl (C=O) groups excluding carboxylic acids is 1. The van der Waals surface area contributed by atoms with E-state index in [0.717, 1.165) is 4.31 Å². The largest absolute Gasteiger partial charge is 0.494 e. The summed E-state index contributed by atoms with van der Waals surface area (Å²) in [6, 6.07) is 12.2. The van der Waals surface area contributed by atoms with E-state index in [1.807, 2.05) is 13.2 Å². The van der Waals surface area contributed by atoms with Gasteiger partial charge in [-0.05, 0) is 61.7 Å². The molecule has 1 heterocycles. The van der Waals surface area contributed by atoms with Crippen molar-refractivity contribution >= 4 is 61.4 Å². The highest BCUT2D eigenvalue weighted by Gasteiger charge is 2.27. The molecule has 0 spiro atoms. The van der Waals surface area contributed by atoms with Gasteiger partial charge in [0.2, 0.25) is 11.0 Å². The number of benzene rings is 2. The van der Waals surface area contributed by atoms with E-state index in [9.17, 15) is 13.2 Å². The van der Waals surface area contributed by atoms with Crippen molar-refractivity contribution in [2.45, 2.75) is 16.2 Å². The highest BCUT2D eigenvalue weighted by atomic mass is 35.5. The number of ether oxygens (including phenoxy) is 1. The van der Waals surface area contributed by atoms with Crippen molar-refractivity contribution in [2.24, 2.45) is 0 Å². The predicted molar refractivity (Wildman–Crippen MR) is 124 cm³/mol. The lowest BCUT2D eigenvalue weighted by molar-refractivity contribution is -0.114. The number of sulfonamides is 1. The molecular formula is C19H19ClN4O4S3. The Labute approximate surface area is 193 Å². The number of halogens is 1. The molecule has 3 rings (SSSR count). The average molecular weight is 499 g/mol. The van der Waals surface area contributed by atoms with E-state index in [2.05, 4.69) is 15.5 Å². The molecular weight excluding hydrogens is 480 g/mol. The van der Waals surface area contributed by atoms with E-state index < -0.39 is 22.5 Å². The number of thioether (sulfide) groups is 1. The summed E-state index contributed by atoms with van der Waals surface area (Å²) in [4.78, 5) is 12.7. The highest BCUT2D eigenvalue weighted by molar-refractivity contribution is 8.00. The van der Waals surface area contributed by atoms with Crippen molar-refractivity contribution in [3.63, 3.8) is 0 Å². The van der Waals surface area contributed by atoms with Gasteiger partial charge in [0, 0.05) is 5.02 Å². The smallest absolute Gasteiger partial charge is 0.264 e. The molecule has 31 heavy (non-hydrogen) atoms. The quantitative estimate of drug-likeness (QED) is 0.349. The summed E-state index contributed by atoms with van der Waals surface area (Å²) in [5, 5.41) is 11.1. The fraction of sp³-hybridized carbons (Fsp3) is 0.211. The number of hydrogen-bond acceptors (Lipinski definition) is 8. The summed E-state index contributed by atoms with van der Waals surface area (Å²) in [6.07, 6.45) is 1.85. The van der Waals surface area contributed by atoms with Gasteiger partial charge in [-0.2, -0.15) is 0 Å². The molecule has 1 aromatic heterocycles. The summed E-state index contributed by atoms with van der Waals surface area (Å²) < 4.78 is 33.8. The van der Waals surface area contributed by atoms with Crippen LogP contribution in [0.5, 0.6) is 5.75 Å². The predicted octanol–water partition coefficient (Wildman–Crippen LogP) is 4.15. The van der Waals surface area contributed by atoms with Crippen LogP contribution in [0.4, 0.5) is 10.8 Å². The molecule has 8 nitrogen and oxygen atoms in total. The van der Waals surface area contributed by atoms with Crippen LogP contribution in [0.15, 0.2) is 57.8 Å². The lowest BCUT2D eigenvalue weighted by atomic mass is 10.3. The second-order valence-corrected chi connectivity index (χ2v) is 10.3. The zero-order valence-corrected chi connectivity index (χ0v) is 19.8. The molecule has 0 unspecified atom stereocenters. The Kier molecular flexibility index (Phi) is 7.76. The average Bonchev–Trinajstić information content (AvgIpc) is 3.20. The van der Waals surface area contributed by atoms with Crippen LogP contribution >= 0.6 is 34.7 Å². The van der Waals surface area contributed by atoms with Crippen molar-refractivity contribution in [3.05, 3.63) is 53.6 Å². The third kappa shape index (κ3) is 5.88. The minimum Gasteiger partial charge on any atom is -0.494 e. The molecule has 0 radical (unpaired) electrons. The molecule has 2 aromatic carbocycles. The molecule has 164 valence electrons. The van der Waals surface area contributed by atoms with E-state index in [1.54, 1.807) is 24.3 Å². The van der Waals surface area contributed by atoms with Crippen LogP contribution in [0.25, 0.3) is 0 Å². The van der Waals surface area contributed by atoms with Gasteiger partial charge < -0.3 is 4.74 Å². The van der Waals surface area contributed by atoms with Crippen molar-refractivity contribution in [2.75, 3.05) is 29.0 Å². The van der Waals surface area contributed by atoms with E-state index in [4.69, 9.17) is 16.3 Å². The number of carbonyl (C=O) groups is 1. The first-order valence-corrected chi connectivity index (χ1v) is 12.9. The lowest BCUT2D eigenvalue weighted by Crippen LogP contribution is -2.38. The molecule has 0 saturated carbocycles. The Bertz CT molecular complexity index is 1140. The zero-order chi connectivity index (χ0) is 22.4. The van der Waals surface area contributed by atoms with Crippen LogP contribution in [0.1, 0.15) is 6.92 Å². The van der Waals surface area contributed by atoms with Gasteiger partial charge in [-0.1, -0.05) is 34.7 Å². The van der Waals surface area contributed by atoms with E-state index >= 15 is 0 Å². The number of anilines is 2. The topological polar surface area (TPSA) is 101 Å². The van der Waals surface area contributed by atoms with Crippen molar-refractivity contribution in [1.82, 2.24) is 10.2 Å². The van der Waals surface area contributed by atoms with Gasteiger partial charge >= 0.3 is 0 Å². The standard InChI is InChI=1S/C19H19ClN4O4S3/c1-3-28-15-8-6-14(7-9-15)24(31(26,27)16-10-4-13(20)5-11-16)12-17(25)21-18-22-23-19(29-2)30-18/h4-11H,3,12H2,1-2H3,(H,21,22,25). The van der Waals surface area contributed by atoms with E-state index in [-0.39, 0.29) is 4.90 Å². The van der Waals surface area contributed by atoms with Gasteiger partial charge in [0.15, 0.2) is 4.34 Å². The zero-order valence-electron chi connectivity index (χ0n) is 16.6. The van der Waals surface area contributed by atoms with Gasteiger partial charge in [0.25, 0.3) is 10.0 Å². The first-order chi connectivity index (χ1) is 14.8. The van der Waals surface area contributed by atoms with Crippen molar-refractivity contribution in [3.8, 4) is 5.75 Å². The highest BCUT2D eigenvalue weighted by Crippen LogP contribution is 2.27. The first-order valence-electron chi connectivity index (χ1n) is 9.02. The monoisotopic (exact) mass is 498 g/mol. The number of hydrogen-bond donors (Lipinski definition) is 1. The van der Waals surface area contributed by atoms with Crippen LogP contribution in [-0.4, -0.2) is 43.9 Å². The molecule has 0 aliphatic heterocycles. The van der Waals surface area contributed by atoms with Gasteiger partial charge in [0.1, 0.15) is 12.3 Å². The molecule has 1 N–H and O–H groups in total. The summed E-state index contributed by atoms with van der Waals surface area (Å²) in [6.45, 7) is 1.88. The van der Waals surface area contributed by atoms with Crippen molar-refractivity contribution in [1.29, 1.82) is 0 Å². The Balaban J connectivity index is 1.91. The van der Waals surface area contributed by atoms with Crippen LogP contribution in [0.3, 0.4) is 0 Å². The summed E-state index contributed by atoms with van der Waals surface area (Å²) >= 11 is 8.50. The summed E-state index contributed by atoms with van der Waals surface area (Å²) in [7, 11) is -4.05. The SMILES string of the molecule is CCOc1ccc(N(CC(=O)Nc2nnc(SC)s2)S(=O)(=O)c2ccc(Cl)cc2)cc1. The second-order valence-electron chi connectivity index (χ2n) is 6.02. The maximum atomic E-state index is 13.3. The van der Waals surface area contributed by atoms with Crippen LogP contribution in [-0.2, 0) is 14.8 Å². The van der Waals surface area contributed by atoms with Crippen LogP contribution < -0.4 is 14.4 Å². The first kappa shape index (κ1) is 23.3. The Morgan fingerprint density at radius 1 is 1.16 bits per heavy atom. The molecule has 0 atom stereocenters. The maximum absolute atomic E-state index is 13.3. The van der Waals surface area contributed by atoms with E-state index in [1.165, 1.54) is 47.4 Å².